The number of anilines is 4. The minimum Gasteiger partial charge on any atom is -0.326 e. The van der Waals surface area contributed by atoms with Gasteiger partial charge in [-0.25, -0.2) is 14.6 Å². The number of fused-ring (bicyclic) bond motifs is 1. The van der Waals surface area contributed by atoms with E-state index in [0.717, 1.165) is 11.4 Å². The van der Waals surface area contributed by atoms with Gasteiger partial charge >= 0.3 is 0 Å². The van der Waals surface area contributed by atoms with E-state index in [-0.39, 0.29) is 0 Å². The van der Waals surface area contributed by atoms with Gasteiger partial charge in [0.05, 0.1) is 0 Å². The summed E-state index contributed by atoms with van der Waals surface area (Å²) in [5.74, 6) is 1.33. The lowest BCUT2D eigenvalue weighted by molar-refractivity contribution is 0.314. The van der Waals surface area contributed by atoms with Crippen molar-refractivity contribution in [3.05, 3.63) is 60.7 Å². The van der Waals surface area contributed by atoms with Crippen LogP contribution in [0.25, 0.3) is 11.3 Å². The molecule has 0 saturated carbocycles. The largest absolute Gasteiger partial charge is 0.326 e. The monoisotopic (exact) mass is 332 g/mol. The Balaban J connectivity index is 1.87. The van der Waals surface area contributed by atoms with Crippen molar-refractivity contribution in [1.82, 2.24) is 20.3 Å². The number of rotatable bonds is 4. The molecule has 0 aliphatic heterocycles. The topological polar surface area (TPSA) is 71.2 Å². The van der Waals surface area contributed by atoms with Gasteiger partial charge in [0.1, 0.15) is 0 Å². The molecule has 0 radical (unpaired) electrons. The molecule has 124 valence electrons. The fourth-order valence-electron chi connectivity index (χ4n) is 2.62. The summed E-state index contributed by atoms with van der Waals surface area (Å²) in [6, 6.07) is 19.9. The molecule has 2 aromatic carbocycles. The van der Waals surface area contributed by atoms with Gasteiger partial charge in [0, 0.05) is 25.5 Å². The van der Waals surface area contributed by atoms with Crippen LogP contribution in [-0.2, 0) is 0 Å². The molecule has 2 heterocycles. The van der Waals surface area contributed by atoms with E-state index in [4.69, 9.17) is 4.63 Å². The molecule has 25 heavy (non-hydrogen) atoms. The predicted molar refractivity (Wildman–Crippen MR) is 96.4 cm³/mol. The van der Waals surface area contributed by atoms with Crippen LogP contribution in [-0.4, -0.2) is 34.4 Å². The molecular weight excluding hydrogens is 316 g/mol. The van der Waals surface area contributed by atoms with E-state index in [1.165, 1.54) is 0 Å². The van der Waals surface area contributed by atoms with Crippen molar-refractivity contribution in [3.8, 4) is 0 Å². The normalized spacial score (nSPS) is 10.8. The zero-order chi connectivity index (χ0) is 17.2. The lowest BCUT2D eigenvalue weighted by Gasteiger charge is -2.25. The van der Waals surface area contributed by atoms with Gasteiger partial charge in [0.2, 0.25) is 11.3 Å². The molecule has 0 unspecified atom stereocenters. The average molecular weight is 332 g/mol. The quantitative estimate of drug-likeness (QED) is 0.566. The lowest BCUT2D eigenvalue weighted by Crippen LogP contribution is -2.19. The molecule has 0 aliphatic carbocycles. The standard InChI is InChI=1S/C18H16N6O/c1-23(13-9-5-3-6-10-13)17-18(20-16-15(19-17)21-25-22-16)24(2)14-11-7-4-8-12-14/h3-12H,1-2H3. The Morgan fingerprint density at radius 1 is 0.640 bits per heavy atom. The number of nitrogens with zero attached hydrogens (tertiary/aromatic N) is 6. The molecule has 0 spiro atoms. The molecular formula is C18H16N6O. The summed E-state index contributed by atoms with van der Waals surface area (Å²) >= 11 is 0. The van der Waals surface area contributed by atoms with E-state index in [1.54, 1.807) is 0 Å². The van der Waals surface area contributed by atoms with Gasteiger partial charge in [-0.2, -0.15) is 0 Å². The lowest BCUT2D eigenvalue weighted by atomic mass is 10.2. The summed E-state index contributed by atoms with van der Waals surface area (Å²) in [5.41, 5.74) is 2.75. The van der Waals surface area contributed by atoms with Crippen molar-refractivity contribution in [2.75, 3.05) is 23.9 Å². The highest BCUT2D eigenvalue weighted by Gasteiger charge is 2.20. The highest BCUT2D eigenvalue weighted by Crippen LogP contribution is 2.33. The third-order valence-corrected chi connectivity index (χ3v) is 4.00. The molecule has 0 fully saturated rings. The van der Waals surface area contributed by atoms with E-state index >= 15 is 0 Å². The van der Waals surface area contributed by atoms with E-state index in [2.05, 4.69) is 20.3 Å². The van der Waals surface area contributed by atoms with Crippen molar-refractivity contribution in [1.29, 1.82) is 0 Å². The second kappa shape index (κ2) is 6.20. The Morgan fingerprint density at radius 3 is 1.44 bits per heavy atom. The molecule has 0 atom stereocenters. The van der Waals surface area contributed by atoms with Crippen LogP contribution in [0, 0.1) is 0 Å². The smallest absolute Gasteiger partial charge is 0.245 e. The second-order valence-corrected chi connectivity index (χ2v) is 5.57. The third-order valence-electron chi connectivity index (χ3n) is 4.00. The maximum Gasteiger partial charge on any atom is 0.245 e. The van der Waals surface area contributed by atoms with Gasteiger partial charge in [-0.05, 0) is 34.6 Å². The van der Waals surface area contributed by atoms with E-state index in [9.17, 15) is 0 Å². The average Bonchev–Trinajstić information content (AvgIpc) is 3.15. The maximum absolute atomic E-state index is 4.78. The zero-order valence-corrected chi connectivity index (χ0v) is 13.9. The van der Waals surface area contributed by atoms with Crippen LogP contribution in [0.1, 0.15) is 0 Å². The minimum atomic E-state index is 0.378. The third kappa shape index (κ3) is 2.76. The zero-order valence-electron chi connectivity index (χ0n) is 13.9. The molecule has 0 saturated heterocycles. The Labute approximate surface area is 144 Å². The van der Waals surface area contributed by atoms with Crippen LogP contribution in [0.5, 0.6) is 0 Å². The summed E-state index contributed by atoms with van der Waals surface area (Å²) < 4.78 is 4.78. The number of hydrogen-bond acceptors (Lipinski definition) is 7. The van der Waals surface area contributed by atoms with Gasteiger partial charge in [-0.1, -0.05) is 36.4 Å². The molecule has 4 aromatic rings. The van der Waals surface area contributed by atoms with Crippen LogP contribution >= 0.6 is 0 Å². The highest BCUT2D eigenvalue weighted by atomic mass is 16.6. The van der Waals surface area contributed by atoms with Gasteiger partial charge in [-0.15, -0.1) is 0 Å². The first-order chi connectivity index (χ1) is 12.2. The minimum absolute atomic E-state index is 0.378. The van der Waals surface area contributed by atoms with Gasteiger partial charge < -0.3 is 9.80 Å². The molecule has 0 amide bonds. The summed E-state index contributed by atoms with van der Waals surface area (Å²) in [6.07, 6.45) is 0. The SMILES string of the molecule is CN(c1ccccc1)c1nc2nonc2nc1N(C)c1ccccc1. The van der Waals surface area contributed by atoms with Gasteiger partial charge in [0.25, 0.3) is 0 Å². The molecule has 2 aromatic heterocycles. The van der Waals surface area contributed by atoms with Crippen LogP contribution in [0.4, 0.5) is 23.0 Å². The van der Waals surface area contributed by atoms with E-state index < -0.39 is 0 Å². The number of aromatic nitrogens is 4. The number of benzene rings is 2. The van der Waals surface area contributed by atoms with Crippen LogP contribution in [0.15, 0.2) is 65.3 Å². The van der Waals surface area contributed by atoms with E-state index in [1.807, 2.05) is 84.6 Å². The molecule has 4 rings (SSSR count). The Hall–Kier alpha value is -3.48. The summed E-state index contributed by atoms with van der Waals surface area (Å²) in [5, 5.41) is 7.65. The summed E-state index contributed by atoms with van der Waals surface area (Å²) in [6.45, 7) is 0. The van der Waals surface area contributed by atoms with Crippen molar-refractivity contribution >= 4 is 34.3 Å². The molecule has 7 heteroatoms. The first-order valence-corrected chi connectivity index (χ1v) is 7.82. The highest BCUT2D eigenvalue weighted by molar-refractivity contribution is 5.80. The fraction of sp³-hybridized carbons (Fsp3) is 0.111. The van der Waals surface area contributed by atoms with Crippen LogP contribution in [0.3, 0.4) is 0 Å². The molecule has 0 bridgehead atoms. The maximum atomic E-state index is 4.78. The Kier molecular flexibility index (Phi) is 3.74. The second-order valence-electron chi connectivity index (χ2n) is 5.57. The van der Waals surface area contributed by atoms with Gasteiger partial charge in [0.15, 0.2) is 11.6 Å². The molecule has 0 aliphatic rings. The molecule has 0 N–H and O–H groups in total. The first-order valence-electron chi connectivity index (χ1n) is 7.82. The van der Waals surface area contributed by atoms with Crippen molar-refractivity contribution in [2.45, 2.75) is 0 Å². The summed E-state index contributed by atoms with van der Waals surface area (Å²) in [4.78, 5) is 13.2. The van der Waals surface area contributed by atoms with Gasteiger partial charge in [-0.3, -0.25) is 0 Å². The first kappa shape index (κ1) is 15.1. The van der Waals surface area contributed by atoms with Crippen LogP contribution < -0.4 is 9.80 Å². The van der Waals surface area contributed by atoms with Crippen LogP contribution in [0.2, 0.25) is 0 Å². The Bertz CT molecular complexity index is 907. The summed E-state index contributed by atoms with van der Waals surface area (Å²) in [7, 11) is 3.89. The molecule has 7 nitrogen and oxygen atoms in total. The van der Waals surface area contributed by atoms with Crippen molar-refractivity contribution in [2.24, 2.45) is 0 Å². The van der Waals surface area contributed by atoms with Crippen molar-refractivity contribution < 1.29 is 4.63 Å². The van der Waals surface area contributed by atoms with Crippen molar-refractivity contribution in [3.63, 3.8) is 0 Å². The fourth-order valence-corrected chi connectivity index (χ4v) is 2.62. The van der Waals surface area contributed by atoms with E-state index in [0.29, 0.717) is 22.9 Å². The number of para-hydroxylation sites is 2. The Morgan fingerprint density at radius 2 is 1.04 bits per heavy atom. The predicted octanol–water partition coefficient (Wildman–Crippen LogP) is 3.55. The number of hydrogen-bond donors (Lipinski definition) is 0.